The smallest absolute Gasteiger partial charge is 0.352 e. The van der Waals surface area contributed by atoms with Gasteiger partial charge in [0.1, 0.15) is 5.69 Å². The van der Waals surface area contributed by atoms with Crippen molar-refractivity contribution >= 4 is 5.97 Å². The van der Waals surface area contributed by atoms with Crippen LogP contribution in [0.5, 0.6) is 0 Å². The van der Waals surface area contributed by atoms with E-state index in [2.05, 4.69) is 4.98 Å². The number of aromatic nitrogens is 1. The van der Waals surface area contributed by atoms with Crippen LogP contribution in [-0.2, 0) is 5.41 Å². The summed E-state index contributed by atoms with van der Waals surface area (Å²) < 4.78 is 0. The maximum absolute atomic E-state index is 10.5. The van der Waals surface area contributed by atoms with E-state index in [0.717, 1.165) is 5.56 Å². The van der Waals surface area contributed by atoms with E-state index in [1.165, 1.54) is 0 Å². The highest BCUT2D eigenvalue weighted by molar-refractivity contribution is 5.85. The van der Waals surface area contributed by atoms with Crippen LogP contribution in [-0.4, -0.2) is 16.1 Å². The SMILES string of the molecule is CC(C)(C)c1c[nH]c(C(=O)O)c1. The molecule has 0 bridgehead atoms. The number of carboxylic acid groups (broad SMARTS) is 1. The van der Waals surface area contributed by atoms with E-state index in [4.69, 9.17) is 5.11 Å². The zero-order chi connectivity index (χ0) is 9.35. The first kappa shape index (κ1) is 8.84. The van der Waals surface area contributed by atoms with Crippen molar-refractivity contribution in [2.45, 2.75) is 26.2 Å². The first-order chi connectivity index (χ1) is 5.41. The number of H-pyrrole nitrogens is 1. The van der Waals surface area contributed by atoms with E-state index >= 15 is 0 Å². The Bertz CT molecular complexity index is 294. The zero-order valence-corrected chi connectivity index (χ0v) is 7.51. The highest BCUT2D eigenvalue weighted by Gasteiger charge is 2.16. The van der Waals surface area contributed by atoms with Crippen LogP contribution in [0.15, 0.2) is 12.3 Å². The summed E-state index contributed by atoms with van der Waals surface area (Å²) in [5.74, 6) is -0.912. The summed E-state index contributed by atoms with van der Waals surface area (Å²) >= 11 is 0. The Morgan fingerprint density at radius 3 is 2.33 bits per heavy atom. The predicted molar refractivity (Wildman–Crippen MR) is 46.5 cm³/mol. The van der Waals surface area contributed by atoms with Crippen molar-refractivity contribution in [3.63, 3.8) is 0 Å². The summed E-state index contributed by atoms with van der Waals surface area (Å²) in [5, 5.41) is 8.63. The minimum Gasteiger partial charge on any atom is -0.477 e. The van der Waals surface area contributed by atoms with Crippen LogP contribution < -0.4 is 0 Å². The fraction of sp³-hybridized carbons (Fsp3) is 0.444. The van der Waals surface area contributed by atoms with Gasteiger partial charge < -0.3 is 10.1 Å². The Labute approximate surface area is 71.4 Å². The molecule has 0 radical (unpaired) electrons. The summed E-state index contributed by atoms with van der Waals surface area (Å²) in [6, 6.07) is 1.67. The van der Waals surface area contributed by atoms with E-state index in [-0.39, 0.29) is 11.1 Å². The molecule has 0 aliphatic carbocycles. The summed E-state index contributed by atoms with van der Waals surface area (Å²) in [6.45, 7) is 6.13. The van der Waals surface area contributed by atoms with Crippen molar-refractivity contribution in [2.24, 2.45) is 0 Å². The van der Waals surface area contributed by atoms with Crippen LogP contribution >= 0.6 is 0 Å². The number of rotatable bonds is 1. The molecule has 3 heteroatoms. The number of carboxylic acids is 1. The van der Waals surface area contributed by atoms with E-state index in [1.807, 2.05) is 20.8 Å². The molecule has 1 rings (SSSR count). The Hall–Kier alpha value is -1.25. The topological polar surface area (TPSA) is 53.1 Å². The van der Waals surface area contributed by atoms with E-state index in [0.29, 0.717) is 0 Å². The third-order valence-electron chi connectivity index (χ3n) is 1.78. The van der Waals surface area contributed by atoms with Gasteiger partial charge in [-0.3, -0.25) is 0 Å². The molecule has 2 N–H and O–H groups in total. The Balaban J connectivity index is 3.00. The van der Waals surface area contributed by atoms with Crippen LogP contribution in [0.1, 0.15) is 36.8 Å². The predicted octanol–water partition coefficient (Wildman–Crippen LogP) is 2.01. The number of carbonyl (C=O) groups is 1. The van der Waals surface area contributed by atoms with E-state index in [9.17, 15) is 4.79 Å². The third-order valence-corrected chi connectivity index (χ3v) is 1.78. The second-order valence-electron chi connectivity index (χ2n) is 3.86. The largest absolute Gasteiger partial charge is 0.477 e. The number of aromatic carboxylic acids is 1. The molecule has 1 heterocycles. The van der Waals surface area contributed by atoms with Crippen molar-refractivity contribution in [3.05, 3.63) is 23.5 Å². The first-order valence-electron chi connectivity index (χ1n) is 3.83. The van der Waals surface area contributed by atoms with Gasteiger partial charge in [0.2, 0.25) is 0 Å². The van der Waals surface area contributed by atoms with Gasteiger partial charge >= 0.3 is 5.97 Å². The molecule has 66 valence electrons. The average molecular weight is 167 g/mol. The van der Waals surface area contributed by atoms with Crippen molar-refractivity contribution < 1.29 is 9.90 Å². The lowest BCUT2D eigenvalue weighted by Crippen LogP contribution is -2.09. The molecule has 0 spiro atoms. The van der Waals surface area contributed by atoms with Crippen molar-refractivity contribution in [1.82, 2.24) is 4.98 Å². The van der Waals surface area contributed by atoms with Gasteiger partial charge in [0.05, 0.1) is 0 Å². The molecule has 0 unspecified atom stereocenters. The lowest BCUT2D eigenvalue weighted by molar-refractivity contribution is 0.0691. The highest BCUT2D eigenvalue weighted by atomic mass is 16.4. The Morgan fingerprint density at radius 2 is 2.08 bits per heavy atom. The molecule has 0 aliphatic heterocycles. The molecule has 0 atom stereocenters. The third kappa shape index (κ3) is 1.67. The molecule has 0 saturated heterocycles. The Kier molecular flexibility index (Phi) is 1.96. The molecule has 3 nitrogen and oxygen atoms in total. The molecule has 0 amide bonds. The number of hydrogen-bond donors (Lipinski definition) is 2. The van der Waals surface area contributed by atoms with Gasteiger partial charge in [0, 0.05) is 6.20 Å². The molecule has 0 fully saturated rings. The van der Waals surface area contributed by atoms with Gasteiger partial charge in [-0.1, -0.05) is 20.8 Å². The van der Waals surface area contributed by atoms with Crippen molar-refractivity contribution in [2.75, 3.05) is 0 Å². The van der Waals surface area contributed by atoms with Crippen LogP contribution in [0.3, 0.4) is 0 Å². The van der Waals surface area contributed by atoms with Crippen molar-refractivity contribution in [1.29, 1.82) is 0 Å². The van der Waals surface area contributed by atoms with E-state index < -0.39 is 5.97 Å². The molecule has 12 heavy (non-hydrogen) atoms. The maximum atomic E-state index is 10.5. The fourth-order valence-electron chi connectivity index (χ4n) is 0.951. The second-order valence-corrected chi connectivity index (χ2v) is 3.86. The van der Waals surface area contributed by atoms with Gasteiger partial charge in [-0.2, -0.15) is 0 Å². The average Bonchev–Trinajstić information content (AvgIpc) is 2.30. The highest BCUT2D eigenvalue weighted by Crippen LogP contribution is 2.22. The lowest BCUT2D eigenvalue weighted by Gasteiger charge is -2.15. The molecular formula is C9H13NO2. The first-order valence-corrected chi connectivity index (χ1v) is 3.83. The minimum atomic E-state index is -0.912. The van der Waals surface area contributed by atoms with Gasteiger partial charge in [-0.15, -0.1) is 0 Å². The van der Waals surface area contributed by atoms with Crippen molar-refractivity contribution in [3.8, 4) is 0 Å². The van der Waals surface area contributed by atoms with Crippen LogP contribution in [0.2, 0.25) is 0 Å². The standard InChI is InChI=1S/C9H13NO2/c1-9(2,3)6-4-7(8(11)12)10-5-6/h4-5,10H,1-3H3,(H,11,12). The number of hydrogen-bond acceptors (Lipinski definition) is 1. The van der Waals surface area contributed by atoms with Gasteiger partial charge in [-0.05, 0) is 17.0 Å². The molecule has 0 aliphatic rings. The number of nitrogens with one attached hydrogen (secondary N) is 1. The lowest BCUT2D eigenvalue weighted by atomic mass is 9.89. The summed E-state index contributed by atoms with van der Waals surface area (Å²) in [5.41, 5.74) is 1.27. The summed E-state index contributed by atoms with van der Waals surface area (Å²) in [6.07, 6.45) is 1.74. The Morgan fingerprint density at radius 1 is 1.50 bits per heavy atom. The normalized spacial score (nSPS) is 11.6. The maximum Gasteiger partial charge on any atom is 0.352 e. The quantitative estimate of drug-likeness (QED) is 0.672. The van der Waals surface area contributed by atoms with Gasteiger partial charge in [-0.25, -0.2) is 4.79 Å². The molecule has 0 saturated carbocycles. The molecule has 1 aromatic rings. The van der Waals surface area contributed by atoms with Gasteiger partial charge in [0.15, 0.2) is 0 Å². The van der Waals surface area contributed by atoms with E-state index in [1.54, 1.807) is 12.3 Å². The number of aromatic amines is 1. The van der Waals surface area contributed by atoms with Crippen LogP contribution in [0.4, 0.5) is 0 Å². The molecule has 1 aromatic heterocycles. The molecule has 0 aromatic carbocycles. The van der Waals surface area contributed by atoms with Gasteiger partial charge in [0.25, 0.3) is 0 Å². The summed E-state index contributed by atoms with van der Waals surface area (Å²) in [4.78, 5) is 13.2. The monoisotopic (exact) mass is 167 g/mol. The van der Waals surface area contributed by atoms with Crippen LogP contribution in [0, 0.1) is 0 Å². The summed E-state index contributed by atoms with van der Waals surface area (Å²) in [7, 11) is 0. The second kappa shape index (κ2) is 2.66. The zero-order valence-electron chi connectivity index (χ0n) is 7.51. The van der Waals surface area contributed by atoms with Crippen LogP contribution in [0.25, 0.3) is 0 Å². The fourth-order valence-corrected chi connectivity index (χ4v) is 0.951. The minimum absolute atomic E-state index is 0.00417. The molecular weight excluding hydrogens is 154 g/mol.